The summed E-state index contributed by atoms with van der Waals surface area (Å²) < 4.78 is 0. The molecule has 17 nitrogen and oxygen atoms in total. The Morgan fingerprint density at radius 3 is 1.93 bits per heavy atom. The first-order chi connectivity index (χ1) is 25.6. The fourth-order valence-electron chi connectivity index (χ4n) is 5.31. The van der Waals surface area contributed by atoms with Gasteiger partial charge in [0, 0.05) is 19.5 Å². The average Bonchev–Trinajstić information content (AvgIpc) is 3.12. The number of hydrogen-bond acceptors (Lipinski definition) is 9. The molecule has 296 valence electrons. The summed E-state index contributed by atoms with van der Waals surface area (Å²) in [5.41, 5.74) is 18.2. The number of hydrogen-bond donors (Lipinski definition) is 10. The molecule has 13 N–H and O–H groups in total. The normalized spacial score (nSPS) is 13.6. The highest BCUT2D eigenvalue weighted by atomic mass is 16.3. The highest BCUT2D eigenvalue weighted by Gasteiger charge is 2.30. The van der Waals surface area contributed by atoms with Crippen LogP contribution in [-0.2, 0) is 41.6 Å². The molecule has 2 aromatic carbocycles. The van der Waals surface area contributed by atoms with Crippen molar-refractivity contribution in [1.82, 2.24) is 31.9 Å². The minimum absolute atomic E-state index is 0.0342. The first-order valence-electron chi connectivity index (χ1n) is 18.0. The number of carbonyl (C=O) groups excluding carboxylic acids is 6. The van der Waals surface area contributed by atoms with Crippen molar-refractivity contribution in [3.63, 3.8) is 0 Å². The third-order valence-electron chi connectivity index (χ3n) is 8.11. The summed E-state index contributed by atoms with van der Waals surface area (Å²) in [7, 11) is 0. The lowest BCUT2D eigenvalue weighted by Gasteiger charge is -2.26. The summed E-state index contributed by atoms with van der Waals surface area (Å²) in [4.78, 5) is 82.6. The molecule has 0 aliphatic heterocycles. The van der Waals surface area contributed by atoms with Gasteiger partial charge in [0.05, 0.1) is 12.6 Å². The molecule has 0 saturated heterocycles. The number of phenols is 1. The third kappa shape index (κ3) is 16.8. The summed E-state index contributed by atoms with van der Waals surface area (Å²) in [6.45, 7) is 7.03. The van der Waals surface area contributed by atoms with Crippen molar-refractivity contribution in [1.29, 1.82) is 0 Å². The van der Waals surface area contributed by atoms with Crippen LogP contribution in [0.15, 0.2) is 59.6 Å². The zero-order valence-electron chi connectivity index (χ0n) is 31.4. The van der Waals surface area contributed by atoms with Crippen molar-refractivity contribution in [3.8, 4) is 5.75 Å². The predicted octanol–water partition coefficient (Wildman–Crippen LogP) is -1.18. The van der Waals surface area contributed by atoms with Gasteiger partial charge < -0.3 is 54.2 Å². The van der Waals surface area contributed by atoms with Gasteiger partial charge in [-0.15, -0.1) is 0 Å². The van der Waals surface area contributed by atoms with Crippen LogP contribution in [0.25, 0.3) is 0 Å². The van der Waals surface area contributed by atoms with E-state index in [0.29, 0.717) is 18.5 Å². The third-order valence-corrected chi connectivity index (χ3v) is 8.11. The first kappa shape index (κ1) is 44.5. The molecule has 5 atom stereocenters. The molecule has 6 amide bonds. The van der Waals surface area contributed by atoms with Crippen LogP contribution < -0.4 is 49.1 Å². The lowest BCUT2D eigenvalue weighted by atomic mass is 10.00. The van der Waals surface area contributed by atoms with Gasteiger partial charge in [0.1, 0.15) is 29.9 Å². The lowest BCUT2D eigenvalue weighted by Crippen LogP contribution is -2.58. The van der Waals surface area contributed by atoms with E-state index in [-0.39, 0.29) is 49.9 Å². The molecule has 0 heterocycles. The van der Waals surface area contributed by atoms with Crippen LogP contribution in [0.3, 0.4) is 0 Å². The average molecular weight is 753 g/mol. The van der Waals surface area contributed by atoms with Crippen LogP contribution in [0.1, 0.15) is 58.1 Å². The zero-order chi connectivity index (χ0) is 40.2. The standard InChI is InChI=1S/C37H56N10O7/c1-5-41-34(52)28(12-9-17-42-37(39)40)46-35(53)29(18-22(2)3)47-36(54)30(20-24-10-7-6-8-11-24)45-31(49)21-43-32(50)23(4)44-33(51)27(38)19-25-13-15-26(48)16-14-25/h6-8,10-11,13-16,22-23,27-30,48H,5,9,12,17-21,38H2,1-4H3,(H,41,52)(H,43,50)(H,44,51)(H,45,49)(H,46,53)(H,47,54)(H4,39,40,42)/t23-,27+,28+,29+,30+/m1/s1. The predicted molar refractivity (Wildman–Crippen MR) is 204 cm³/mol. The van der Waals surface area contributed by atoms with Gasteiger partial charge in [-0.2, -0.15) is 0 Å². The highest BCUT2D eigenvalue weighted by molar-refractivity contribution is 5.95. The van der Waals surface area contributed by atoms with E-state index in [1.165, 1.54) is 19.1 Å². The van der Waals surface area contributed by atoms with Crippen LogP contribution in [0.2, 0.25) is 0 Å². The van der Waals surface area contributed by atoms with Crippen LogP contribution in [0.5, 0.6) is 5.75 Å². The molecule has 54 heavy (non-hydrogen) atoms. The molecule has 17 heteroatoms. The van der Waals surface area contributed by atoms with E-state index in [1.54, 1.807) is 49.4 Å². The summed E-state index contributed by atoms with van der Waals surface area (Å²) >= 11 is 0. The molecule has 0 aliphatic rings. The van der Waals surface area contributed by atoms with E-state index in [4.69, 9.17) is 17.2 Å². The summed E-state index contributed by atoms with van der Waals surface area (Å²) in [5, 5.41) is 25.3. The Hall–Kier alpha value is -5.71. The Kier molecular flexibility index (Phi) is 19.0. The van der Waals surface area contributed by atoms with Crippen molar-refractivity contribution in [2.45, 2.75) is 90.0 Å². The van der Waals surface area contributed by atoms with Crippen molar-refractivity contribution in [3.05, 3.63) is 65.7 Å². The monoisotopic (exact) mass is 752 g/mol. The zero-order valence-corrected chi connectivity index (χ0v) is 31.4. The van der Waals surface area contributed by atoms with E-state index in [2.05, 4.69) is 36.9 Å². The second-order valence-corrected chi connectivity index (χ2v) is 13.3. The number of carbonyl (C=O) groups is 6. The highest BCUT2D eigenvalue weighted by Crippen LogP contribution is 2.12. The summed E-state index contributed by atoms with van der Waals surface area (Å²) in [6.07, 6.45) is 1.12. The van der Waals surface area contributed by atoms with Gasteiger partial charge in [0.15, 0.2) is 5.96 Å². The molecule has 2 aromatic rings. The molecular weight excluding hydrogens is 696 g/mol. The number of phenolic OH excluding ortho intramolecular Hbond substituents is 1. The Morgan fingerprint density at radius 1 is 0.704 bits per heavy atom. The molecule has 0 bridgehead atoms. The van der Waals surface area contributed by atoms with Crippen molar-refractivity contribution in [2.75, 3.05) is 19.6 Å². The minimum Gasteiger partial charge on any atom is -0.508 e. The van der Waals surface area contributed by atoms with E-state index in [1.807, 2.05) is 13.8 Å². The summed E-state index contributed by atoms with van der Waals surface area (Å²) in [6, 6.07) is 10.0. The van der Waals surface area contributed by atoms with Gasteiger partial charge in [0.25, 0.3) is 0 Å². The van der Waals surface area contributed by atoms with E-state index in [0.717, 1.165) is 5.56 Å². The maximum absolute atomic E-state index is 13.8. The number of nitrogens with zero attached hydrogens (tertiary/aromatic N) is 1. The maximum Gasteiger partial charge on any atom is 0.243 e. The second kappa shape index (κ2) is 23.1. The molecule has 0 spiro atoms. The second-order valence-electron chi connectivity index (χ2n) is 13.3. The number of rotatable bonds is 22. The van der Waals surface area contributed by atoms with Gasteiger partial charge in [-0.1, -0.05) is 56.3 Å². The largest absolute Gasteiger partial charge is 0.508 e. The van der Waals surface area contributed by atoms with Gasteiger partial charge in [-0.3, -0.25) is 33.8 Å². The lowest BCUT2D eigenvalue weighted by molar-refractivity contribution is -0.134. The number of nitrogens with two attached hydrogens (primary N) is 3. The molecular formula is C37H56N10O7. The van der Waals surface area contributed by atoms with Crippen molar-refractivity contribution >= 4 is 41.4 Å². The fourth-order valence-corrected chi connectivity index (χ4v) is 5.31. The molecule has 2 rings (SSSR count). The van der Waals surface area contributed by atoms with Crippen molar-refractivity contribution < 1.29 is 33.9 Å². The van der Waals surface area contributed by atoms with Gasteiger partial charge >= 0.3 is 0 Å². The number of nitrogens with one attached hydrogen (secondary N) is 6. The number of amides is 6. The molecule has 0 unspecified atom stereocenters. The fraction of sp³-hybridized carbons (Fsp3) is 0.486. The summed E-state index contributed by atoms with van der Waals surface area (Å²) in [5.74, 6) is -3.60. The van der Waals surface area contributed by atoms with E-state index in [9.17, 15) is 33.9 Å². The van der Waals surface area contributed by atoms with Crippen LogP contribution in [-0.4, -0.2) is 96.4 Å². The number of aromatic hydroxyl groups is 1. The molecule has 0 aromatic heterocycles. The molecule has 0 fully saturated rings. The SMILES string of the molecule is CCNC(=O)[C@H](CCCN=C(N)N)NC(=O)[C@H](CC(C)C)NC(=O)[C@H](Cc1ccccc1)NC(=O)CNC(=O)[C@@H](C)NC(=O)[C@@H](N)Cc1ccc(O)cc1. The maximum atomic E-state index is 13.8. The smallest absolute Gasteiger partial charge is 0.243 e. The Morgan fingerprint density at radius 2 is 1.31 bits per heavy atom. The van der Waals surface area contributed by atoms with Gasteiger partial charge in [-0.05, 0) is 68.7 Å². The quantitative estimate of drug-likeness (QED) is 0.0390. The van der Waals surface area contributed by atoms with Crippen LogP contribution in [0, 0.1) is 5.92 Å². The first-order valence-corrected chi connectivity index (χ1v) is 18.0. The van der Waals surface area contributed by atoms with Gasteiger partial charge in [-0.25, -0.2) is 0 Å². The molecule has 0 radical (unpaired) electrons. The Labute approximate surface area is 316 Å². The van der Waals surface area contributed by atoms with E-state index < -0.39 is 72.2 Å². The van der Waals surface area contributed by atoms with Crippen LogP contribution >= 0.6 is 0 Å². The van der Waals surface area contributed by atoms with E-state index >= 15 is 0 Å². The number of guanidine groups is 1. The minimum atomic E-state index is -1.15. The molecule has 0 saturated carbocycles. The Balaban J connectivity index is 2.10. The topological polar surface area (TPSA) is 285 Å². The Bertz CT molecular complexity index is 1570. The number of benzene rings is 2. The number of likely N-dealkylation sites (N-methyl/N-ethyl adjacent to an activating group) is 1. The van der Waals surface area contributed by atoms with Gasteiger partial charge in [0.2, 0.25) is 35.4 Å². The molecule has 0 aliphatic carbocycles. The number of aliphatic imine (C=N–C) groups is 1. The van der Waals surface area contributed by atoms with Crippen molar-refractivity contribution in [2.24, 2.45) is 28.1 Å². The van der Waals surface area contributed by atoms with Crippen LogP contribution in [0.4, 0.5) is 0 Å².